The van der Waals surface area contributed by atoms with Crippen LogP contribution in [0.3, 0.4) is 0 Å². The molecule has 3 aromatic rings. The molecule has 35 heavy (non-hydrogen) atoms. The number of carbonyl (C=O) groups excluding carboxylic acids is 2. The molecule has 180 valence electrons. The van der Waals surface area contributed by atoms with Gasteiger partial charge in [-0.2, -0.15) is 0 Å². The van der Waals surface area contributed by atoms with Crippen molar-refractivity contribution in [2.45, 2.75) is 38.3 Å². The summed E-state index contributed by atoms with van der Waals surface area (Å²) in [5, 5.41) is 14.3. The first-order valence-corrected chi connectivity index (χ1v) is 11.3. The van der Waals surface area contributed by atoms with Crippen LogP contribution in [0.5, 0.6) is 0 Å². The summed E-state index contributed by atoms with van der Waals surface area (Å²) in [6.07, 6.45) is 1.92. The zero-order chi connectivity index (χ0) is 24.8. The van der Waals surface area contributed by atoms with E-state index in [2.05, 4.69) is 20.6 Å². The van der Waals surface area contributed by atoms with E-state index >= 15 is 0 Å². The monoisotopic (exact) mass is 474 g/mol. The van der Waals surface area contributed by atoms with Gasteiger partial charge in [0.1, 0.15) is 12.6 Å². The minimum atomic E-state index is -1.07. The fraction of sp³-hybridized carbons (Fsp3) is 0.269. The normalized spacial score (nSPS) is 12.8. The molecule has 3 N–H and O–H groups in total. The van der Waals surface area contributed by atoms with Gasteiger partial charge in [0.15, 0.2) is 0 Å². The second-order valence-electron chi connectivity index (χ2n) is 8.26. The maximum Gasteiger partial charge on any atom is 0.407 e. The summed E-state index contributed by atoms with van der Waals surface area (Å²) in [6, 6.07) is 14.9. The van der Waals surface area contributed by atoms with Gasteiger partial charge in [-0.3, -0.25) is 19.6 Å². The van der Waals surface area contributed by atoms with Crippen molar-refractivity contribution in [1.29, 1.82) is 0 Å². The molecule has 0 radical (unpaired) electrons. The summed E-state index contributed by atoms with van der Waals surface area (Å²) in [5.74, 6) is -1.72. The van der Waals surface area contributed by atoms with Crippen LogP contribution >= 0.6 is 0 Å². The number of carboxylic acids is 1. The number of aliphatic carboxylic acids is 1. The van der Waals surface area contributed by atoms with Gasteiger partial charge in [0.05, 0.1) is 17.9 Å². The van der Waals surface area contributed by atoms with Gasteiger partial charge in [-0.05, 0) is 35.6 Å². The average molecular weight is 475 g/mol. The summed E-state index contributed by atoms with van der Waals surface area (Å²) in [5.41, 5.74) is 5.60. The lowest BCUT2D eigenvalue weighted by Crippen LogP contribution is -2.47. The molecule has 1 unspecified atom stereocenters. The average Bonchev–Trinajstić information content (AvgIpc) is 3.18. The SMILES string of the molecule is Cc1nccnc1CNC(=O)C(CCC(=O)O)NC(=O)OCC1c2ccccc2-c2ccccc21. The first kappa shape index (κ1) is 23.9. The number of carbonyl (C=O) groups is 3. The number of nitrogens with zero attached hydrogens (tertiary/aromatic N) is 2. The minimum absolute atomic E-state index is 0.0786. The Labute approximate surface area is 202 Å². The molecule has 0 fully saturated rings. The molecule has 2 aromatic carbocycles. The molecule has 0 saturated heterocycles. The lowest BCUT2D eigenvalue weighted by molar-refractivity contribution is -0.137. The van der Waals surface area contributed by atoms with E-state index in [1.165, 1.54) is 6.20 Å². The van der Waals surface area contributed by atoms with Crippen molar-refractivity contribution >= 4 is 18.0 Å². The third-order valence-electron chi connectivity index (χ3n) is 6.01. The fourth-order valence-electron chi connectivity index (χ4n) is 4.22. The molecule has 1 aliphatic rings. The van der Waals surface area contributed by atoms with E-state index in [0.717, 1.165) is 22.3 Å². The molecule has 0 spiro atoms. The van der Waals surface area contributed by atoms with Crippen LogP contribution in [-0.2, 0) is 20.9 Å². The van der Waals surface area contributed by atoms with Crippen molar-refractivity contribution in [1.82, 2.24) is 20.6 Å². The van der Waals surface area contributed by atoms with E-state index in [9.17, 15) is 14.4 Å². The molecule has 1 atom stereocenters. The van der Waals surface area contributed by atoms with Gasteiger partial charge < -0.3 is 20.5 Å². The van der Waals surface area contributed by atoms with Crippen molar-refractivity contribution in [2.75, 3.05) is 6.61 Å². The van der Waals surface area contributed by atoms with E-state index in [-0.39, 0.29) is 31.9 Å². The Morgan fingerprint density at radius 1 is 1.00 bits per heavy atom. The van der Waals surface area contributed by atoms with Crippen molar-refractivity contribution in [3.05, 3.63) is 83.4 Å². The fourth-order valence-corrected chi connectivity index (χ4v) is 4.22. The van der Waals surface area contributed by atoms with Gasteiger partial charge >= 0.3 is 12.1 Å². The van der Waals surface area contributed by atoms with E-state index in [1.54, 1.807) is 13.1 Å². The van der Waals surface area contributed by atoms with Crippen LogP contribution in [0, 0.1) is 6.92 Å². The summed E-state index contributed by atoms with van der Waals surface area (Å²) < 4.78 is 5.51. The molecule has 0 aliphatic heterocycles. The van der Waals surface area contributed by atoms with Crippen LogP contribution in [0.4, 0.5) is 4.79 Å². The van der Waals surface area contributed by atoms with Crippen molar-refractivity contribution in [3.63, 3.8) is 0 Å². The van der Waals surface area contributed by atoms with Gasteiger partial charge in [-0.15, -0.1) is 0 Å². The van der Waals surface area contributed by atoms with Gasteiger partial charge in [0.25, 0.3) is 0 Å². The number of hydrogen-bond acceptors (Lipinski definition) is 6. The zero-order valence-electron chi connectivity index (χ0n) is 19.2. The van der Waals surface area contributed by atoms with Gasteiger partial charge in [-0.1, -0.05) is 48.5 Å². The van der Waals surface area contributed by atoms with Crippen LogP contribution < -0.4 is 10.6 Å². The van der Waals surface area contributed by atoms with Crippen LogP contribution in [-0.4, -0.2) is 45.7 Å². The highest BCUT2D eigenvalue weighted by Gasteiger charge is 2.30. The predicted octanol–water partition coefficient (Wildman–Crippen LogP) is 3.17. The first-order chi connectivity index (χ1) is 16.9. The van der Waals surface area contributed by atoms with Gasteiger partial charge in [0.2, 0.25) is 5.91 Å². The Balaban J connectivity index is 1.39. The number of fused-ring (bicyclic) bond motifs is 3. The van der Waals surface area contributed by atoms with Crippen LogP contribution in [0.1, 0.15) is 41.3 Å². The Bertz CT molecular complexity index is 1200. The van der Waals surface area contributed by atoms with Crippen LogP contribution in [0.25, 0.3) is 11.1 Å². The highest BCUT2D eigenvalue weighted by atomic mass is 16.5. The quantitative estimate of drug-likeness (QED) is 0.434. The third-order valence-corrected chi connectivity index (χ3v) is 6.01. The summed E-state index contributed by atoms with van der Waals surface area (Å²) in [6.45, 7) is 1.96. The second-order valence-corrected chi connectivity index (χ2v) is 8.26. The maximum absolute atomic E-state index is 12.7. The lowest BCUT2D eigenvalue weighted by atomic mass is 9.98. The molecule has 1 heterocycles. The number of benzene rings is 2. The molecule has 1 aliphatic carbocycles. The van der Waals surface area contributed by atoms with Crippen molar-refractivity contribution in [3.8, 4) is 11.1 Å². The number of carboxylic acid groups (broad SMARTS) is 1. The summed E-state index contributed by atoms with van der Waals surface area (Å²) >= 11 is 0. The number of amides is 2. The molecule has 0 saturated carbocycles. The van der Waals surface area contributed by atoms with Crippen LogP contribution in [0.15, 0.2) is 60.9 Å². The number of hydrogen-bond donors (Lipinski definition) is 3. The van der Waals surface area contributed by atoms with Gasteiger partial charge in [-0.25, -0.2) is 4.79 Å². The van der Waals surface area contributed by atoms with Crippen LogP contribution in [0.2, 0.25) is 0 Å². The molecular weight excluding hydrogens is 448 g/mol. The van der Waals surface area contributed by atoms with E-state index < -0.39 is 24.0 Å². The topological polar surface area (TPSA) is 131 Å². The Kier molecular flexibility index (Phi) is 7.35. The minimum Gasteiger partial charge on any atom is -0.481 e. The van der Waals surface area contributed by atoms with Crippen molar-refractivity contribution in [2.24, 2.45) is 0 Å². The van der Waals surface area contributed by atoms with E-state index in [0.29, 0.717) is 11.4 Å². The van der Waals surface area contributed by atoms with E-state index in [4.69, 9.17) is 9.84 Å². The molecule has 9 nitrogen and oxygen atoms in total. The molecular formula is C26H26N4O5. The number of aromatic nitrogens is 2. The molecule has 2 amide bonds. The number of ether oxygens (including phenoxy) is 1. The maximum atomic E-state index is 12.7. The Morgan fingerprint density at radius 3 is 2.26 bits per heavy atom. The third kappa shape index (κ3) is 5.63. The number of nitrogens with one attached hydrogen (secondary N) is 2. The molecule has 4 rings (SSSR count). The smallest absolute Gasteiger partial charge is 0.407 e. The molecule has 0 bridgehead atoms. The molecule has 9 heteroatoms. The standard InChI is InChI=1S/C26H26N4O5/c1-16-23(28-13-12-27-16)14-29-25(33)22(10-11-24(31)32)30-26(34)35-15-21-19-8-4-2-6-17(19)18-7-3-5-9-20(18)21/h2-9,12-13,21-22H,10-11,14-15H2,1H3,(H,29,33)(H,30,34)(H,31,32). The van der Waals surface area contributed by atoms with E-state index in [1.807, 2.05) is 48.5 Å². The number of alkyl carbamates (subject to hydrolysis) is 1. The summed E-state index contributed by atoms with van der Waals surface area (Å²) in [4.78, 5) is 44.7. The predicted molar refractivity (Wildman–Crippen MR) is 127 cm³/mol. The number of rotatable bonds is 9. The summed E-state index contributed by atoms with van der Waals surface area (Å²) in [7, 11) is 0. The number of aryl methyl sites for hydroxylation is 1. The highest BCUT2D eigenvalue weighted by Crippen LogP contribution is 2.44. The lowest BCUT2D eigenvalue weighted by Gasteiger charge is -2.19. The largest absolute Gasteiger partial charge is 0.481 e. The molecule has 1 aromatic heterocycles. The zero-order valence-corrected chi connectivity index (χ0v) is 19.2. The van der Waals surface area contributed by atoms with Gasteiger partial charge in [0, 0.05) is 24.7 Å². The Morgan fingerprint density at radius 2 is 1.63 bits per heavy atom. The van der Waals surface area contributed by atoms with Crippen molar-refractivity contribution < 1.29 is 24.2 Å². The Hall–Kier alpha value is -4.27. The highest BCUT2D eigenvalue weighted by molar-refractivity contribution is 5.86. The first-order valence-electron chi connectivity index (χ1n) is 11.3. The second kappa shape index (κ2) is 10.8.